The van der Waals surface area contributed by atoms with E-state index in [9.17, 15) is 0 Å². The van der Waals surface area contributed by atoms with Crippen LogP contribution >= 0.6 is 0 Å². The van der Waals surface area contributed by atoms with Crippen molar-refractivity contribution in [1.29, 1.82) is 0 Å². The Labute approximate surface area is 100 Å². The van der Waals surface area contributed by atoms with Crippen molar-refractivity contribution in [3.63, 3.8) is 0 Å². The van der Waals surface area contributed by atoms with Crippen LogP contribution in [-0.4, -0.2) is 39.4 Å². The van der Waals surface area contributed by atoms with Crippen molar-refractivity contribution in [3.05, 3.63) is 0 Å². The Morgan fingerprint density at radius 3 is 2.31 bits per heavy atom. The van der Waals surface area contributed by atoms with Gasteiger partial charge in [0.1, 0.15) is 0 Å². The predicted octanol–water partition coefficient (Wildman–Crippen LogP) is 1.78. The van der Waals surface area contributed by atoms with Crippen LogP contribution in [0.3, 0.4) is 0 Å². The lowest BCUT2D eigenvalue weighted by molar-refractivity contribution is 0.0130. The first-order valence-corrected chi connectivity index (χ1v) is 6.82. The van der Waals surface area contributed by atoms with Crippen LogP contribution in [0.25, 0.3) is 0 Å². The molecule has 1 saturated heterocycles. The molecule has 0 spiro atoms. The van der Waals surface area contributed by atoms with Crippen LogP contribution in [0, 0.1) is 5.41 Å². The highest BCUT2D eigenvalue weighted by atomic mass is 16.5. The van der Waals surface area contributed by atoms with Crippen molar-refractivity contribution >= 4 is 0 Å². The normalized spacial score (nSPS) is 19.9. The molecular formula is C13H28N2O. The lowest BCUT2D eigenvalue weighted by Crippen LogP contribution is -2.40. The van der Waals surface area contributed by atoms with E-state index in [1.165, 1.54) is 25.7 Å². The summed E-state index contributed by atoms with van der Waals surface area (Å²) in [5.74, 6) is 0. The molecule has 0 saturated carbocycles. The molecule has 0 unspecified atom stereocenters. The second-order valence-electron chi connectivity index (χ2n) is 4.89. The molecule has 96 valence electrons. The fraction of sp³-hybridized carbons (Fsp3) is 1.00. The van der Waals surface area contributed by atoms with Crippen LogP contribution in [0.15, 0.2) is 0 Å². The van der Waals surface area contributed by atoms with Crippen LogP contribution in [0.5, 0.6) is 0 Å². The number of rotatable bonds is 8. The first-order chi connectivity index (χ1) is 7.83. The molecule has 3 nitrogen and oxygen atoms in total. The maximum absolute atomic E-state index is 5.45. The lowest BCUT2D eigenvalue weighted by Gasteiger charge is -2.36. The van der Waals surface area contributed by atoms with E-state index in [-0.39, 0.29) is 0 Å². The van der Waals surface area contributed by atoms with Crippen LogP contribution < -0.4 is 10.6 Å². The van der Waals surface area contributed by atoms with E-state index < -0.39 is 0 Å². The molecule has 3 heteroatoms. The van der Waals surface area contributed by atoms with Gasteiger partial charge in [0.2, 0.25) is 0 Å². The smallest absolute Gasteiger partial charge is 0.0471 e. The highest BCUT2D eigenvalue weighted by Crippen LogP contribution is 2.32. The van der Waals surface area contributed by atoms with E-state index >= 15 is 0 Å². The van der Waals surface area contributed by atoms with E-state index in [2.05, 4.69) is 24.5 Å². The summed E-state index contributed by atoms with van der Waals surface area (Å²) < 4.78 is 5.45. The van der Waals surface area contributed by atoms with Crippen LogP contribution in [0.2, 0.25) is 0 Å². The Balaban J connectivity index is 2.08. The topological polar surface area (TPSA) is 33.3 Å². The maximum atomic E-state index is 5.45. The minimum Gasteiger partial charge on any atom is -0.381 e. The van der Waals surface area contributed by atoms with Crippen LogP contribution in [-0.2, 0) is 4.74 Å². The number of hydrogen-bond donors (Lipinski definition) is 2. The van der Waals surface area contributed by atoms with Crippen molar-refractivity contribution in [2.24, 2.45) is 5.41 Å². The van der Waals surface area contributed by atoms with Gasteiger partial charge in [0.15, 0.2) is 0 Å². The largest absolute Gasteiger partial charge is 0.381 e. The standard InChI is InChI=1S/C13H28N2O/c1-3-7-14-8-9-15-12-13(4-2)5-10-16-11-6-13/h14-15H,3-12H2,1-2H3. The SMILES string of the molecule is CCCNCCNCC1(CC)CCOCC1. The van der Waals surface area contributed by atoms with E-state index in [0.717, 1.165) is 39.4 Å². The molecule has 0 aromatic rings. The van der Waals surface area contributed by atoms with E-state index in [0.29, 0.717) is 5.41 Å². The zero-order valence-corrected chi connectivity index (χ0v) is 11.0. The third-order valence-corrected chi connectivity index (χ3v) is 3.71. The third-order valence-electron chi connectivity index (χ3n) is 3.71. The first kappa shape index (κ1) is 13.9. The molecule has 1 fully saturated rings. The molecule has 1 aliphatic rings. The van der Waals surface area contributed by atoms with Crippen molar-refractivity contribution in [3.8, 4) is 0 Å². The summed E-state index contributed by atoms with van der Waals surface area (Å²) in [4.78, 5) is 0. The monoisotopic (exact) mass is 228 g/mol. The van der Waals surface area contributed by atoms with Gasteiger partial charge < -0.3 is 15.4 Å². The highest BCUT2D eigenvalue weighted by molar-refractivity contribution is 4.82. The van der Waals surface area contributed by atoms with Gasteiger partial charge in [-0.2, -0.15) is 0 Å². The summed E-state index contributed by atoms with van der Waals surface area (Å²) in [6.07, 6.45) is 4.93. The van der Waals surface area contributed by atoms with E-state index in [1.54, 1.807) is 0 Å². The number of ether oxygens (including phenoxy) is 1. The fourth-order valence-electron chi connectivity index (χ4n) is 2.29. The number of hydrogen-bond acceptors (Lipinski definition) is 3. The van der Waals surface area contributed by atoms with Crippen LogP contribution in [0.1, 0.15) is 39.5 Å². The van der Waals surface area contributed by atoms with Crippen molar-refractivity contribution in [1.82, 2.24) is 10.6 Å². The molecule has 0 radical (unpaired) electrons. The van der Waals surface area contributed by atoms with Gasteiger partial charge in [-0.25, -0.2) is 0 Å². The van der Waals surface area contributed by atoms with Gasteiger partial charge in [0.05, 0.1) is 0 Å². The van der Waals surface area contributed by atoms with Crippen molar-refractivity contribution < 1.29 is 4.74 Å². The Morgan fingerprint density at radius 1 is 1.00 bits per heavy atom. The maximum Gasteiger partial charge on any atom is 0.0471 e. The predicted molar refractivity (Wildman–Crippen MR) is 68.8 cm³/mol. The third kappa shape index (κ3) is 4.81. The summed E-state index contributed by atoms with van der Waals surface area (Å²) in [7, 11) is 0. The second kappa shape index (κ2) is 8.04. The molecule has 1 heterocycles. The highest BCUT2D eigenvalue weighted by Gasteiger charge is 2.29. The minimum absolute atomic E-state index is 0.503. The molecule has 1 aliphatic heterocycles. The molecule has 0 amide bonds. The van der Waals surface area contributed by atoms with Gasteiger partial charge in [-0.15, -0.1) is 0 Å². The van der Waals surface area contributed by atoms with Crippen molar-refractivity contribution in [2.75, 3.05) is 39.4 Å². The zero-order chi connectivity index (χ0) is 11.7. The van der Waals surface area contributed by atoms with Crippen molar-refractivity contribution in [2.45, 2.75) is 39.5 Å². The molecule has 0 aromatic carbocycles. The Hall–Kier alpha value is -0.120. The summed E-state index contributed by atoms with van der Waals surface area (Å²) in [5, 5.41) is 7.00. The zero-order valence-electron chi connectivity index (χ0n) is 11.0. The van der Waals surface area contributed by atoms with E-state index in [4.69, 9.17) is 4.74 Å². The fourth-order valence-corrected chi connectivity index (χ4v) is 2.29. The van der Waals surface area contributed by atoms with E-state index in [1.807, 2.05) is 0 Å². The average Bonchev–Trinajstić information content (AvgIpc) is 2.35. The Kier molecular flexibility index (Phi) is 7.01. The second-order valence-corrected chi connectivity index (χ2v) is 4.89. The lowest BCUT2D eigenvalue weighted by atomic mass is 9.78. The minimum atomic E-state index is 0.503. The average molecular weight is 228 g/mol. The molecule has 0 bridgehead atoms. The van der Waals surface area contributed by atoms with Gasteiger partial charge in [-0.1, -0.05) is 13.8 Å². The quantitative estimate of drug-likeness (QED) is 0.621. The molecule has 1 rings (SSSR count). The number of nitrogens with one attached hydrogen (secondary N) is 2. The molecular weight excluding hydrogens is 200 g/mol. The summed E-state index contributed by atoms with van der Waals surface area (Å²) in [6, 6.07) is 0. The van der Waals surface area contributed by atoms with Gasteiger partial charge in [-0.3, -0.25) is 0 Å². The summed E-state index contributed by atoms with van der Waals surface area (Å²) in [6.45, 7) is 10.9. The summed E-state index contributed by atoms with van der Waals surface area (Å²) in [5.41, 5.74) is 0.503. The van der Waals surface area contributed by atoms with Gasteiger partial charge in [0.25, 0.3) is 0 Å². The van der Waals surface area contributed by atoms with Gasteiger partial charge in [-0.05, 0) is 37.6 Å². The van der Waals surface area contributed by atoms with Crippen LogP contribution in [0.4, 0.5) is 0 Å². The summed E-state index contributed by atoms with van der Waals surface area (Å²) >= 11 is 0. The van der Waals surface area contributed by atoms with Gasteiger partial charge >= 0.3 is 0 Å². The molecule has 0 aliphatic carbocycles. The molecule has 0 atom stereocenters. The first-order valence-electron chi connectivity index (χ1n) is 6.82. The van der Waals surface area contributed by atoms with Gasteiger partial charge in [0, 0.05) is 32.8 Å². The molecule has 2 N–H and O–H groups in total. The Bertz CT molecular complexity index is 167. The molecule has 0 aromatic heterocycles. The Morgan fingerprint density at radius 2 is 1.69 bits per heavy atom. The molecule has 16 heavy (non-hydrogen) atoms.